The molecule has 5 nitrogen and oxygen atoms in total. The Morgan fingerprint density at radius 3 is 2.57 bits per heavy atom. The summed E-state index contributed by atoms with van der Waals surface area (Å²) in [4.78, 5) is 27.2. The van der Waals surface area contributed by atoms with Crippen molar-refractivity contribution in [3.8, 4) is 0 Å². The van der Waals surface area contributed by atoms with Gasteiger partial charge in [0, 0.05) is 30.7 Å². The highest BCUT2D eigenvalue weighted by Crippen LogP contribution is 2.20. The molecule has 1 aliphatic heterocycles. The Bertz CT molecular complexity index is 545. The van der Waals surface area contributed by atoms with E-state index in [2.05, 4.69) is 20.7 Å². The van der Waals surface area contributed by atoms with Gasteiger partial charge in [-0.3, -0.25) is 14.5 Å². The van der Waals surface area contributed by atoms with E-state index in [9.17, 15) is 14.0 Å². The number of carbonyl (C=O) groups is 2. The predicted molar refractivity (Wildman–Crippen MR) is 78.5 cm³/mol. The molecule has 0 N–H and O–H groups in total. The van der Waals surface area contributed by atoms with Gasteiger partial charge in [-0.25, -0.2) is 4.39 Å². The molecule has 0 bridgehead atoms. The van der Waals surface area contributed by atoms with Gasteiger partial charge in [0.05, 0.1) is 19.2 Å². The normalized spacial score (nSPS) is 15.9. The number of methoxy groups -OCH3 is 1. The van der Waals surface area contributed by atoms with E-state index in [0.717, 1.165) is 0 Å². The van der Waals surface area contributed by atoms with Crippen molar-refractivity contribution >= 4 is 27.8 Å². The van der Waals surface area contributed by atoms with Crippen molar-refractivity contribution in [2.24, 2.45) is 0 Å². The first kappa shape index (κ1) is 15.9. The Hall–Kier alpha value is -1.47. The van der Waals surface area contributed by atoms with Crippen LogP contribution >= 0.6 is 15.9 Å². The molecule has 2 rings (SSSR count). The second kappa shape index (κ2) is 7.00. The van der Waals surface area contributed by atoms with Crippen molar-refractivity contribution in [1.82, 2.24) is 9.80 Å². The van der Waals surface area contributed by atoms with E-state index in [-0.39, 0.29) is 18.4 Å². The summed E-state index contributed by atoms with van der Waals surface area (Å²) in [5.74, 6) is -0.937. The largest absolute Gasteiger partial charge is 0.468 e. The monoisotopic (exact) mass is 358 g/mol. The van der Waals surface area contributed by atoms with Gasteiger partial charge in [0.15, 0.2) is 0 Å². The molecule has 0 spiro atoms. The minimum atomic E-state index is -0.439. The number of rotatable bonds is 3. The molecule has 1 saturated heterocycles. The first-order valence-electron chi connectivity index (χ1n) is 6.54. The van der Waals surface area contributed by atoms with Crippen LogP contribution < -0.4 is 0 Å². The first-order valence-corrected chi connectivity index (χ1v) is 7.34. The Morgan fingerprint density at radius 1 is 1.29 bits per heavy atom. The quantitative estimate of drug-likeness (QED) is 0.768. The number of piperazine rings is 1. The lowest BCUT2D eigenvalue weighted by molar-refractivity contribution is -0.142. The molecule has 21 heavy (non-hydrogen) atoms. The molecule has 1 amide bonds. The zero-order chi connectivity index (χ0) is 15.4. The number of benzene rings is 1. The number of amides is 1. The van der Waals surface area contributed by atoms with Crippen molar-refractivity contribution in [2.75, 3.05) is 39.8 Å². The standard InChI is InChI=1S/C14H16BrFN2O3/c1-21-13(19)9-17-4-6-18(7-5-17)14(20)11-8-10(16)2-3-12(11)15/h2-3,8H,4-7,9H2,1H3. The van der Waals surface area contributed by atoms with Gasteiger partial charge in [-0.2, -0.15) is 0 Å². The van der Waals surface area contributed by atoms with Gasteiger partial charge in [0.25, 0.3) is 5.91 Å². The third kappa shape index (κ3) is 4.01. The number of hydrogen-bond donors (Lipinski definition) is 0. The highest BCUT2D eigenvalue weighted by Gasteiger charge is 2.24. The Labute approximate surface area is 130 Å². The van der Waals surface area contributed by atoms with Crippen LogP contribution in [0, 0.1) is 5.82 Å². The first-order chi connectivity index (χ1) is 10.0. The Morgan fingerprint density at radius 2 is 1.95 bits per heavy atom. The number of esters is 1. The smallest absolute Gasteiger partial charge is 0.319 e. The molecule has 0 aliphatic carbocycles. The SMILES string of the molecule is COC(=O)CN1CCN(C(=O)c2cc(F)ccc2Br)CC1. The Balaban J connectivity index is 1.97. The molecule has 1 heterocycles. The lowest BCUT2D eigenvalue weighted by Gasteiger charge is -2.34. The van der Waals surface area contributed by atoms with Gasteiger partial charge in [0.1, 0.15) is 5.82 Å². The molecule has 0 aromatic heterocycles. The van der Waals surface area contributed by atoms with Gasteiger partial charge >= 0.3 is 5.97 Å². The fourth-order valence-electron chi connectivity index (χ4n) is 2.19. The van der Waals surface area contributed by atoms with Crippen LogP contribution in [0.2, 0.25) is 0 Å². The minimum Gasteiger partial charge on any atom is -0.468 e. The highest BCUT2D eigenvalue weighted by atomic mass is 79.9. The molecule has 1 aliphatic rings. The van der Waals surface area contributed by atoms with Crippen LogP contribution in [0.1, 0.15) is 10.4 Å². The molecular weight excluding hydrogens is 343 g/mol. The van der Waals surface area contributed by atoms with Gasteiger partial charge in [-0.1, -0.05) is 0 Å². The maximum atomic E-state index is 13.3. The van der Waals surface area contributed by atoms with Crippen LogP contribution in [-0.4, -0.2) is 61.5 Å². The van der Waals surface area contributed by atoms with Crippen LogP contribution in [-0.2, 0) is 9.53 Å². The minimum absolute atomic E-state index is 0.209. The maximum Gasteiger partial charge on any atom is 0.319 e. The lowest BCUT2D eigenvalue weighted by Crippen LogP contribution is -2.50. The molecule has 0 unspecified atom stereocenters. The molecule has 1 aromatic rings. The average Bonchev–Trinajstić information content (AvgIpc) is 2.49. The number of ether oxygens (including phenoxy) is 1. The molecule has 0 radical (unpaired) electrons. The van der Waals surface area contributed by atoms with Crippen molar-refractivity contribution < 1.29 is 18.7 Å². The molecule has 0 saturated carbocycles. The van der Waals surface area contributed by atoms with E-state index in [0.29, 0.717) is 36.2 Å². The molecule has 1 fully saturated rings. The van der Waals surface area contributed by atoms with Crippen LogP contribution in [0.5, 0.6) is 0 Å². The van der Waals surface area contributed by atoms with Gasteiger partial charge in [0.2, 0.25) is 0 Å². The number of hydrogen-bond acceptors (Lipinski definition) is 4. The molecule has 7 heteroatoms. The lowest BCUT2D eigenvalue weighted by atomic mass is 10.1. The number of carbonyl (C=O) groups excluding carboxylic acids is 2. The van der Waals surface area contributed by atoms with Crippen LogP contribution in [0.15, 0.2) is 22.7 Å². The van der Waals surface area contributed by atoms with E-state index >= 15 is 0 Å². The van der Waals surface area contributed by atoms with Gasteiger partial charge < -0.3 is 9.64 Å². The summed E-state index contributed by atoms with van der Waals surface area (Å²) in [7, 11) is 1.35. The fraction of sp³-hybridized carbons (Fsp3) is 0.429. The average molecular weight is 359 g/mol. The second-order valence-corrected chi connectivity index (χ2v) is 5.62. The number of nitrogens with zero attached hydrogens (tertiary/aromatic N) is 2. The van der Waals surface area contributed by atoms with Crippen LogP contribution in [0.4, 0.5) is 4.39 Å². The van der Waals surface area contributed by atoms with Crippen molar-refractivity contribution in [3.63, 3.8) is 0 Å². The summed E-state index contributed by atoms with van der Waals surface area (Å²) >= 11 is 3.27. The van der Waals surface area contributed by atoms with Crippen LogP contribution in [0.3, 0.4) is 0 Å². The number of halogens is 2. The van der Waals surface area contributed by atoms with E-state index in [1.807, 2.05) is 4.90 Å². The van der Waals surface area contributed by atoms with E-state index in [1.165, 1.54) is 25.3 Å². The summed E-state index contributed by atoms with van der Waals surface area (Å²) in [6.45, 7) is 2.40. The topological polar surface area (TPSA) is 49.9 Å². The van der Waals surface area contributed by atoms with E-state index in [1.54, 1.807) is 4.90 Å². The summed E-state index contributed by atoms with van der Waals surface area (Å²) in [6.07, 6.45) is 0. The predicted octanol–water partition coefficient (Wildman–Crippen LogP) is 1.52. The molecule has 114 valence electrons. The van der Waals surface area contributed by atoms with E-state index < -0.39 is 5.82 Å². The summed E-state index contributed by atoms with van der Waals surface area (Å²) in [5, 5.41) is 0. The zero-order valence-corrected chi connectivity index (χ0v) is 13.2. The van der Waals surface area contributed by atoms with Gasteiger partial charge in [-0.05, 0) is 34.1 Å². The Kier molecular flexibility index (Phi) is 5.30. The molecule has 0 atom stereocenters. The summed E-state index contributed by atoms with van der Waals surface area (Å²) < 4.78 is 18.5. The zero-order valence-electron chi connectivity index (χ0n) is 11.6. The third-order valence-electron chi connectivity index (χ3n) is 3.40. The summed E-state index contributed by atoms with van der Waals surface area (Å²) in [6, 6.07) is 4.05. The third-order valence-corrected chi connectivity index (χ3v) is 4.09. The highest BCUT2D eigenvalue weighted by molar-refractivity contribution is 9.10. The maximum absolute atomic E-state index is 13.3. The van der Waals surface area contributed by atoms with Crippen molar-refractivity contribution in [3.05, 3.63) is 34.1 Å². The van der Waals surface area contributed by atoms with Crippen molar-refractivity contribution in [1.29, 1.82) is 0 Å². The fourth-order valence-corrected chi connectivity index (χ4v) is 2.60. The van der Waals surface area contributed by atoms with E-state index in [4.69, 9.17) is 0 Å². The molecule has 1 aromatic carbocycles. The van der Waals surface area contributed by atoms with Gasteiger partial charge in [-0.15, -0.1) is 0 Å². The van der Waals surface area contributed by atoms with Crippen molar-refractivity contribution in [2.45, 2.75) is 0 Å². The molecular formula is C14H16BrFN2O3. The summed E-state index contributed by atoms with van der Waals surface area (Å²) in [5.41, 5.74) is 0.316. The second-order valence-electron chi connectivity index (χ2n) is 4.77. The van der Waals surface area contributed by atoms with Crippen LogP contribution in [0.25, 0.3) is 0 Å².